The summed E-state index contributed by atoms with van der Waals surface area (Å²) in [7, 11) is 0. The van der Waals surface area contributed by atoms with Crippen molar-refractivity contribution in [3.63, 3.8) is 0 Å². The molecule has 0 bridgehead atoms. The Bertz CT molecular complexity index is 145. The summed E-state index contributed by atoms with van der Waals surface area (Å²) >= 11 is 0. The molecule has 0 aliphatic heterocycles. The highest BCUT2D eigenvalue weighted by molar-refractivity contribution is 5.76. The lowest BCUT2D eigenvalue weighted by molar-refractivity contribution is -0.139. The van der Waals surface area contributed by atoms with Gasteiger partial charge >= 0.3 is 12.4 Å². The Kier molecular flexibility index (Phi) is 4.26. The minimum atomic E-state index is -1.01. The highest BCUT2D eigenvalue weighted by Gasteiger charge is 2.17. The molecule has 4 nitrogen and oxygen atoms in total. The third-order valence-electron chi connectivity index (χ3n) is 1.24. The fourth-order valence-corrected chi connectivity index (χ4v) is 0.764. The minimum absolute atomic E-state index is 0.247. The molecule has 0 aliphatic carbocycles. The lowest BCUT2D eigenvalue weighted by Crippen LogP contribution is -2.36. The van der Waals surface area contributed by atoms with Gasteiger partial charge < -0.3 is 10.4 Å². The van der Waals surface area contributed by atoms with Crippen molar-refractivity contribution in [3.8, 4) is 0 Å². The van der Waals surface area contributed by atoms with E-state index in [1.54, 1.807) is 0 Å². The number of carbonyl (C=O) groups excluding carboxylic acids is 1. The largest absolute Gasteiger partial charge is 0.480 e. The summed E-state index contributed by atoms with van der Waals surface area (Å²) in [6, 6.07) is -0.799. The summed E-state index contributed by atoms with van der Waals surface area (Å²) in [5, 5.41) is 10.6. The van der Waals surface area contributed by atoms with E-state index >= 15 is 0 Å². The predicted octanol–water partition coefficient (Wildman–Crippen LogP) is 0.143. The van der Waals surface area contributed by atoms with Gasteiger partial charge in [-0.15, -0.1) is 0 Å². The molecule has 0 saturated heterocycles. The number of carboxylic acids is 1. The molecule has 0 aliphatic rings. The first-order chi connectivity index (χ1) is 5.07. The number of rotatable bonds is 5. The number of nitrogens with one attached hydrogen (secondary N) is 1. The van der Waals surface area contributed by atoms with Gasteiger partial charge in [0.1, 0.15) is 6.04 Å². The molecule has 1 radical (unpaired) electrons. The van der Waals surface area contributed by atoms with Crippen LogP contribution in [0.3, 0.4) is 0 Å². The second kappa shape index (κ2) is 4.71. The molecule has 0 aromatic rings. The minimum Gasteiger partial charge on any atom is -0.480 e. The molecule has 11 heavy (non-hydrogen) atoms. The molecule has 0 saturated carbocycles. The molecule has 1 atom stereocenters. The summed E-state index contributed by atoms with van der Waals surface area (Å²) in [5.74, 6) is -0.765. The van der Waals surface area contributed by atoms with E-state index < -0.39 is 12.0 Å². The van der Waals surface area contributed by atoms with Crippen molar-refractivity contribution >= 4 is 12.4 Å². The summed E-state index contributed by atoms with van der Waals surface area (Å²) in [6.45, 7) is 3.78. The SMILES string of the molecule is CC(C)C[C@@H](N[C]=O)C(=O)O. The van der Waals surface area contributed by atoms with Crippen molar-refractivity contribution in [3.05, 3.63) is 0 Å². The monoisotopic (exact) mass is 158 g/mol. The van der Waals surface area contributed by atoms with Crippen molar-refractivity contribution in [2.75, 3.05) is 0 Å². The first kappa shape index (κ1) is 9.94. The average molecular weight is 158 g/mol. The third-order valence-corrected chi connectivity index (χ3v) is 1.24. The van der Waals surface area contributed by atoms with Crippen LogP contribution in [-0.2, 0) is 9.59 Å². The summed E-state index contributed by atoms with van der Waals surface area (Å²) < 4.78 is 0. The van der Waals surface area contributed by atoms with E-state index in [2.05, 4.69) is 5.32 Å². The van der Waals surface area contributed by atoms with Gasteiger partial charge in [0, 0.05) is 0 Å². The molecule has 0 rings (SSSR count). The first-order valence-electron chi connectivity index (χ1n) is 3.43. The molecule has 1 amide bonds. The molecular formula is C7H12NO3. The molecule has 0 aromatic carbocycles. The van der Waals surface area contributed by atoms with Gasteiger partial charge in [0.15, 0.2) is 0 Å². The molecule has 0 aromatic heterocycles. The molecule has 4 heteroatoms. The summed E-state index contributed by atoms with van der Waals surface area (Å²) in [5.41, 5.74) is 0. The van der Waals surface area contributed by atoms with Crippen LogP contribution < -0.4 is 5.32 Å². The average Bonchev–Trinajstić information content (AvgIpc) is 1.86. The molecule has 0 spiro atoms. The van der Waals surface area contributed by atoms with Gasteiger partial charge in [-0.25, -0.2) is 4.79 Å². The normalized spacial score (nSPS) is 12.6. The second-order valence-electron chi connectivity index (χ2n) is 2.77. The lowest BCUT2D eigenvalue weighted by Gasteiger charge is -2.11. The Morgan fingerprint density at radius 3 is 2.45 bits per heavy atom. The Morgan fingerprint density at radius 1 is 1.64 bits per heavy atom. The van der Waals surface area contributed by atoms with Crippen molar-refractivity contribution in [2.24, 2.45) is 5.92 Å². The highest BCUT2D eigenvalue weighted by atomic mass is 16.4. The number of amides is 1. The zero-order chi connectivity index (χ0) is 8.85. The van der Waals surface area contributed by atoms with Gasteiger partial charge in [0.2, 0.25) is 0 Å². The molecule has 2 N–H and O–H groups in total. The van der Waals surface area contributed by atoms with Crippen LogP contribution in [0.4, 0.5) is 0 Å². The fourth-order valence-electron chi connectivity index (χ4n) is 0.764. The lowest BCUT2D eigenvalue weighted by atomic mass is 10.0. The van der Waals surface area contributed by atoms with Crippen molar-refractivity contribution < 1.29 is 14.7 Å². The van der Waals surface area contributed by atoms with Crippen LogP contribution in [0.25, 0.3) is 0 Å². The Labute approximate surface area is 65.6 Å². The van der Waals surface area contributed by atoms with Crippen LogP contribution in [0.15, 0.2) is 0 Å². The number of carbonyl (C=O) groups is 1. The topological polar surface area (TPSA) is 66.4 Å². The maximum absolute atomic E-state index is 10.4. The molecule has 0 fully saturated rings. The van der Waals surface area contributed by atoms with E-state index in [1.165, 1.54) is 6.41 Å². The first-order valence-corrected chi connectivity index (χ1v) is 3.43. The summed E-state index contributed by atoms with van der Waals surface area (Å²) in [6.07, 6.45) is 1.81. The van der Waals surface area contributed by atoms with E-state index in [0.29, 0.717) is 6.42 Å². The van der Waals surface area contributed by atoms with E-state index in [0.717, 1.165) is 0 Å². The van der Waals surface area contributed by atoms with Gasteiger partial charge in [-0.2, -0.15) is 0 Å². The van der Waals surface area contributed by atoms with Crippen LogP contribution >= 0.6 is 0 Å². The standard InChI is InChI=1S/C7H12NO3/c1-5(2)3-6(7(10)11)8-4-9/h5-6H,3H2,1-2H3,(H,8,9)(H,10,11)/t6-/m1/s1. The predicted molar refractivity (Wildman–Crippen MR) is 39.7 cm³/mol. The fraction of sp³-hybridized carbons (Fsp3) is 0.714. The zero-order valence-corrected chi connectivity index (χ0v) is 6.63. The van der Waals surface area contributed by atoms with Gasteiger partial charge in [0.25, 0.3) is 0 Å². The molecule has 63 valence electrons. The second-order valence-corrected chi connectivity index (χ2v) is 2.77. The zero-order valence-electron chi connectivity index (χ0n) is 6.63. The van der Waals surface area contributed by atoms with Gasteiger partial charge in [0.05, 0.1) is 0 Å². The summed E-state index contributed by atoms with van der Waals surface area (Å²) in [4.78, 5) is 20.2. The van der Waals surface area contributed by atoms with E-state index in [4.69, 9.17) is 5.11 Å². The van der Waals surface area contributed by atoms with Crippen molar-refractivity contribution in [1.29, 1.82) is 0 Å². The number of carboxylic acid groups (broad SMARTS) is 1. The molecule has 0 unspecified atom stereocenters. The Hall–Kier alpha value is -1.06. The molecule has 0 heterocycles. The number of aliphatic carboxylic acids is 1. The van der Waals surface area contributed by atoms with Gasteiger partial charge in [-0.1, -0.05) is 13.8 Å². The van der Waals surface area contributed by atoms with Crippen LogP contribution in [0.2, 0.25) is 0 Å². The van der Waals surface area contributed by atoms with Crippen molar-refractivity contribution in [1.82, 2.24) is 5.32 Å². The molecular weight excluding hydrogens is 146 g/mol. The van der Waals surface area contributed by atoms with Crippen LogP contribution in [-0.4, -0.2) is 23.5 Å². The van der Waals surface area contributed by atoms with E-state index in [9.17, 15) is 9.59 Å². The Morgan fingerprint density at radius 2 is 2.18 bits per heavy atom. The van der Waals surface area contributed by atoms with Gasteiger partial charge in [-0.3, -0.25) is 4.79 Å². The van der Waals surface area contributed by atoms with E-state index in [1.807, 2.05) is 13.8 Å². The van der Waals surface area contributed by atoms with E-state index in [-0.39, 0.29) is 5.92 Å². The number of hydrogen-bond donors (Lipinski definition) is 2. The van der Waals surface area contributed by atoms with Crippen molar-refractivity contribution in [2.45, 2.75) is 26.3 Å². The maximum Gasteiger partial charge on any atom is 0.326 e. The Balaban J connectivity index is 3.88. The van der Waals surface area contributed by atoms with Gasteiger partial charge in [-0.05, 0) is 12.3 Å². The third kappa shape index (κ3) is 4.36. The number of hydrogen-bond acceptors (Lipinski definition) is 2. The maximum atomic E-state index is 10.4. The van der Waals surface area contributed by atoms with Crippen LogP contribution in [0.1, 0.15) is 20.3 Å². The van der Waals surface area contributed by atoms with Crippen LogP contribution in [0, 0.1) is 5.92 Å². The van der Waals surface area contributed by atoms with Crippen LogP contribution in [0.5, 0.6) is 0 Å². The smallest absolute Gasteiger partial charge is 0.326 e. The quantitative estimate of drug-likeness (QED) is 0.559. The highest BCUT2D eigenvalue weighted by Crippen LogP contribution is 2.03.